The molecular formula is C11H20O. The van der Waals surface area contributed by atoms with Gasteiger partial charge in [-0.05, 0) is 17.3 Å². The van der Waals surface area contributed by atoms with E-state index in [-0.39, 0.29) is 0 Å². The maximum atomic E-state index is 11.3. The maximum Gasteiger partial charge on any atom is 0.133 e. The van der Waals surface area contributed by atoms with Gasteiger partial charge in [-0.3, -0.25) is 4.79 Å². The molecule has 1 nitrogen and oxygen atoms in total. The predicted molar refractivity (Wildman–Crippen MR) is 51.0 cm³/mol. The summed E-state index contributed by atoms with van der Waals surface area (Å²) in [5.74, 6) is 1.74. The fourth-order valence-corrected chi connectivity index (χ4v) is 2.57. The Kier molecular flexibility index (Phi) is 2.60. The number of hydrogen-bond donors (Lipinski definition) is 0. The van der Waals surface area contributed by atoms with Crippen LogP contribution in [0.3, 0.4) is 0 Å². The molecule has 0 aromatic heterocycles. The van der Waals surface area contributed by atoms with Crippen LogP contribution in [0.15, 0.2) is 0 Å². The fourth-order valence-electron chi connectivity index (χ4n) is 2.57. The van der Waals surface area contributed by atoms with E-state index in [0.717, 1.165) is 19.3 Å². The summed E-state index contributed by atoms with van der Waals surface area (Å²) in [6.07, 6.45) is 2.77. The van der Waals surface area contributed by atoms with E-state index in [0.29, 0.717) is 23.0 Å². The minimum atomic E-state index is 0.297. The van der Waals surface area contributed by atoms with Crippen molar-refractivity contribution in [3.63, 3.8) is 0 Å². The second kappa shape index (κ2) is 3.20. The lowest BCUT2D eigenvalue weighted by molar-refractivity contribution is -0.118. The van der Waals surface area contributed by atoms with Crippen molar-refractivity contribution in [2.45, 2.75) is 47.0 Å². The van der Waals surface area contributed by atoms with Crippen molar-refractivity contribution in [2.24, 2.45) is 17.3 Å². The monoisotopic (exact) mass is 168 g/mol. The summed E-state index contributed by atoms with van der Waals surface area (Å²) in [7, 11) is 0. The Morgan fingerprint density at radius 3 is 2.50 bits per heavy atom. The van der Waals surface area contributed by atoms with Crippen LogP contribution >= 0.6 is 0 Å². The number of carbonyl (C=O) groups excluding carboxylic acids is 1. The highest BCUT2D eigenvalue weighted by molar-refractivity contribution is 5.82. The first-order valence-electron chi connectivity index (χ1n) is 5.01. The van der Waals surface area contributed by atoms with Crippen LogP contribution in [-0.4, -0.2) is 5.78 Å². The molecule has 0 amide bonds. The summed E-state index contributed by atoms with van der Waals surface area (Å²) in [6, 6.07) is 0. The van der Waals surface area contributed by atoms with E-state index in [4.69, 9.17) is 0 Å². The van der Waals surface area contributed by atoms with Crippen LogP contribution in [0.5, 0.6) is 0 Å². The lowest BCUT2D eigenvalue weighted by Crippen LogP contribution is -2.24. The van der Waals surface area contributed by atoms with Crippen molar-refractivity contribution in [2.75, 3.05) is 0 Å². The average Bonchev–Trinajstić information content (AvgIpc) is 2.27. The van der Waals surface area contributed by atoms with Crippen LogP contribution in [0.2, 0.25) is 0 Å². The molecule has 0 N–H and O–H groups in total. The highest BCUT2D eigenvalue weighted by Gasteiger charge is 2.42. The summed E-state index contributed by atoms with van der Waals surface area (Å²) in [5.41, 5.74) is 0.297. The molecule has 1 heteroatoms. The van der Waals surface area contributed by atoms with Crippen molar-refractivity contribution in [1.29, 1.82) is 0 Å². The molecule has 1 fully saturated rings. The van der Waals surface area contributed by atoms with Crippen LogP contribution < -0.4 is 0 Å². The van der Waals surface area contributed by atoms with Gasteiger partial charge in [0.15, 0.2) is 0 Å². The first-order valence-corrected chi connectivity index (χ1v) is 5.01. The molecule has 0 bridgehead atoms. The molecule has 1 rings (SSSR count). The molecule has 0 aromatic rings. The molecule has 0 spiro atoms. The minimum Gasteiger partial charge on any atom is -0.300 e. The van der Waals surface area contributed by atoms with E-state index in [2.05, 4.69) is 27.7 Å². The second-order valence-corrected chi connectivity index (χ2v) is 4.78. The van der Waals surface area contributed by atoms with Gasteiger partial charge in [0.1, 0.15) is 5.78 Å². The SMILES string of the molecule is CCC1(C)CC(=O)CC1C(C)C. The number of ketones is 1. The van der Waals surface area contributed by atoms with Crippen molar-refractivity contribution in [3.8, 4) is 0 Å². The zero-order chi connectivity index (χ0) is 9.35. The number of carbonyl (C=O) groups is 1. The molecule has 0 radical (unpaired) electrons. The standard InChI is InChI=1S/C11H20O/c1-5-11(4)7-9(12)6-10(11)8(2)3/h8,10H,5-7H2,1-4H3. The molecule has 1 saturated carbocycles. The zero-order valence-corrected chi connectivity index (χ0v) is 8.68. The molecule has 2 unspecified atom stereocenters. The normalized spacial score (nSPS) is 36.4. The fraction of sp³-hybridized carbons (Fsp3) is 0.909. The highest BCUT2D eigenvalue weighted by Crippen LogP contribution is 2.47. The molecule has 1 aliphatic rings. The summed E-state index contributed by atoms with van der Waals surface area (Å²) in [6.45, 7) is 8.94. The Bertz CT molecular complexity index is 183. The Balaban J connectivity index is 2.78. The largest absolute Gasteiger partial charge is 0.300 e. The first-order chi connectivity index (χ1) is 5.49. The average molecular weight is 168 g/mol. The van der Waals surface area contributed by atoms with Crippen LogP contribution in [0.4, 0.5) is 0 Å². The molecule has 0 aliphatic heterocycles. The Morgan fingerprint density at radius 1 is 1.58 bits per heavy atom. The van der Waals surface area contributed by atoms with Crippen LogP contribution in [-0.2, 0) is 4.79 Å². The van der Waals surface area contributed by atoms with Crippen molar-refractivity contribution in [1.82, 2.24) is 0 Å². The predicted octanol–water partition coefficient (Wildman–Crippen LogP) is 3.04. The third-order valence-electron chi connectivity index (χ3n) is 3.56. The molecule has 0 heterocycles. The summed E-state index contributed by atoms with van der Waals surface area (Å²) in [4.78, 5) is 11.3. The second-order valence-electron chi connectivity index (χ2n) is 4.78. The topological polar surface area (TPSA) is 17.1 Å². The van der Waals surface area contributed by atoms with Gasteiger partial charge in [-0.15, -0.1) is 0 Å². The molecule has 1 aliphatic carbocycles. The van der Waals surface area contributed by atoms with Gasteiger partial charge in [0.25, 0.3) is 0 Å². The van der Waals surface area contributed by atoms with Crippen LogP contribution in [0.25, 0.3) is 0 Å². The minimum absolute atomic E-state index is 0.297. The van der Waals surface area contributed by atoms with Crippen molar-refractivity contribution in [3.05, 3.63) is 0 Å². The van der Waals surface area contributed by atoms with Crippen molar-refractivity contribution >= 4 is 5.78 Å². The molecule has 12 heavy (non-hydrogen) atoms. The number of hydrogen-bond acceptors (Lipinski definition) is 1. The van der Waals surface area contributed by atoms with E-state index in [1.54, 1.807) is 0 Å². The van der Waals surface area contributed by atoms with E-state index in [9.17, 15) is 4.79 Å². The van der Waals surface area contributed by atoms with Crippen molar-refractivity contribution < 1.29 is 4.79 Å². The van der Waals surface area contributed by atoms with E-state index >= 15 is 0 Å². The summed E-state index contributed by atoms with van der Waals surface area (Å²) < 4.78 is 0. The van der Waals surface area contributed by atoms with Gasteiger partial charge in [0, 0.05) is 12.8 Å². The van der Waals surface area contributed by atoms with Crippen LogP contribution in [0, 0.1) is 17.3 Å². The third-order valence-corrected chi connectivity index (χ3v) is 3.56. The lowest BCUT2D eigenvalue weighted by atomic mass is 9.72. The highest BCUT2D eigenvalue weighted by atomic mass is 16.1. The van der Waals surface area contributed by atoms with E-state index < -0.39 is 0 Å². The number of Topliss-reactive ketones (excluding diaryl/α,β-unsaturated/α-hetero) is 1. The van der Waals surface area contributed by atoms with Gasteiger partial charge in [-0.25, -0.2) is 0 Å². The number of rotatable bonds is 2. The smallest absolute Gasteiger partial charge is 0.133 e. The maximum absolute atomic E-state index is 11.3. The lowest BCUT2D eigenvalue weighted by Gasteiger charge is -2.32. The van der Waals surface area contributed by atoms with Gasteiger partial charge in [-0.1, -0.05) is 34.1 Å². The Morgan fingerprint density at radius 2 is 2.17 bits per heavy atom. The Hall–Kier alpha value is -0.330. The molecule has 2 atom stereocenters. The third kappa shape index (κ3) is 1.55. The van der Waals surface area contributed by atoms with E-state index in [1.807, 2.05) is 0 Å². The van der Waals surface area contributed by atoms with Crippen LogP contribution in [0.1, 0.15) is 47.0 Å². The van der Waals surface area contributed by atoms with Gasteiger partial charge < -0.3 is 0 Å². The summed E-state index contributed by atoms with van der Waals surface area (Å²) >= 11 is 0. The first kappa shape index (κ1) is 9.76. The quantitative estimate of drug-likeness (QED) is 0.619. The molecule has 0 saturated heterocycles. The molecule has 70 valence electrons. The van der Waals surface area contributed by atoms with Gasteiger partial charge in [0.05, 0.1) is 0 Å². The zero-order valence-electron chi connectivity index (χ0n) is 8.68. The molecular weight excluding hydrogens is 148 g/mol. The van der Waals surface area contributed by atoms with E-state index in [1.165, 1.54) is 0 Å². The Labute approximate surface area is 75.5 Å². The summed E-state index contributed by atoms with van der Waals surface area (Å²) in [5, 5.41) is 0. The van der Waals surface area contributed by atoms with Gasteiger partial charge >= 0.3 is 0 Å². The molecule has 0 aromatic carbocycles. The van der Waals surface area contributed by atoms with Gasteiger partial charge in [-0.2, -0.15) is 0 Å². The van der Waals surface area contributed by atoms with Gasteiger partial charge in [0.2, 0.25) is 0 Å².